The van der Waals surface area contributed by atoms with Crippen molar-refractivity contribution in [3.8, 4) is 11.4 Å². The van der Waals surface area contributed by atoms with E-state index >= 15 is 0 Å². The minimum Gasteiger partial charge on any atom is -0.358 e. The maximum Gasteiger partial charge on any atom is 0.250 e. The van der Waals surface area contributed by atoms with Gasteiger partial charge in [-0.25, -0.2) is 9.97 Å². The molecule has 4 heterocycles. The van der Waals surface area contributed by atoms with Crippen LogP contribution in [0.3, 0.4) is 0 Å². The molecule has 0 spiro atoms. The third-order valence-corrected chi connectivity index (χ3v) is 5.84. The minimum absolute atomic E-state index is 0.0350. The number of thiophene rings is 1. The third-order valence-electron chi connectivity index (χ3n) is 5.15. The van der Waals surface area contributed by atoms with Crippen LogP contribution < -0.4 is 10.2 Å². The Morgan fingerprint density at radius 2 is 2.07 bits per heavy atom. The standard InChI is InChI=1S/C21H20N6OS/c1-13-11-18(26(2)25-13)27-9-7-17(21(27)28)23-20-15-5-3-4-6-16(15)22-19(24-20)14-8-10-29-12-14/h3-6,8,10-12,17H,7,9H2,1-2H3,(H,22,23,24). The van der Waals surface area contributed by atoms with Crippen LogP contribution in [0.4, 0.5) is 11.6 Å². The summed E-state index contributed by atoms with van der Waals surface area (Å²) < 4.78 is 1.75. The number of carbonyl (C=O) groups excluding carboxylic acids is 1. The average Bonchev–Trinajstić information content (AvgIpc) is 3.44. The van der Waals surface area contributed by atoms with Crippen molar-refractivity contribution in [2.75, 3.05) is 16.8 Å². The van der Waals surface area contributed by atoms with E-state index in [-0.39, 0.29) is 11.9 Å². The minimum atomic E-state index is -0.334. The number of hydrogen-bond donors (Lipinski definition) is 1. The van der Waals surface area contributed by atoms with Crippen LogP contribution in [0.15, 0.2) is 47.2 Å². The van der Waals surface area contributed by atoms with Gasteiger partial charge in [0.25, 0.3) is 5.91 Å². The van der Waals surface area contributed by atoms with Crippen molar-refractivity contribution in [3.05, 3.63) is 52.9 Å². The number of benzene rings is 1. The largest absolute Gasteiger partial charge is 0.358 e. The molecule has 1 aliphatic rings. The molecule has 5 rings (SSSR count). The molecule has 0 radical (unpaired) electrons. The molecular formula is C21H20N6OS. The summed E-state index contributed by atoms with van der Waals surface area (Å²) in [7, 11) is 1.86. The maximum absolute atomic E-state index is 13.1. The Labute approximate surface area is 172 Å². The normalized spacial score (nSPS) is 16.7. The van der Waals surface area contributed by atoms with Crippen molar-refractivity contribution in [3.63, 3.8) is 0 Å². The smallest absolute Gasteiger partial charge is 0.250 e. The van der Waals surface area contributed by atoms with Gasteiger partial charge in [0.05, 0.1) is 11.2 Å². The first-order valence-electron chi connectivity index (χ1n) is 9.48. The van der Waals surface area contributed by atoms with Crippen LogP contribution >= 0.6 is 11.3 Å². The molecule has 4 aromatic rings. The Hall–Kier alpha value is -3.26. The molecule has 29 heavy (non-hydrogen) atoms. The van der Waals surface area contributed by atoms with Crippen LogP contribution in [0.5, 0.6) is 0 Å². The zero-order chi connectivity index (χ0) is 20.0. The summed E-state index contributed by atoms with van der Waals surface area (Å²) in [6.45, 7) is 2.58. The number of para-hydroxylation sites is 1. The van der Waals surface area contributed by atoms with Crippen LogP contribution in [-0.4, -0.2) is 38.2 Å². The lowest BCUT2D eigenvalue weighted by Crippen LogP contribution is -2.34. The monoisotopic (exact) mass is 404 g/mol. The number of aromatic nitrogens is 4. The molecule has 1 unspecified atom stereocenters. The lowest BCUT2D eigenvalue weighted by Gasteiger charge is -2.18. The SMILES string of the molecule is Cc1cc(N2CCC(Nc3nc(-c4ccsc4)nc4ccccc34)C2=O)n(C)n1. The number of fused-ring (bicyclic) bond motifs is 1. The van der Waals surface area contributed by atoms with Crippen LogP contribution in [0, 0.1) is 6.92 Å². The second-order valence-electron chi connectivity index (χ2n) is 7.17. The van der Waals surface area contributed by atoms with E-state index in [2.05, 4.69) is 10.4 Å². The molecule has 8 heteroatoms. The molecule has 1 atom stereocenters. The van der Waals surface area contributed by atoms with Gasteiger partial charge in [-0.05, 0) is 36.9 Å². The Morgan fingerprint density at radius 3 is 2.83 bits per heavy atom. The van der Waals surface area contributed by atoms with Crippen molar-refractivity contribution in [2.45, 2.75) is 19.4 Å². The average molecular weight is 404 g/mol. The topological polar surface area (TPSA) is 75.9 Å². The quantitative estimate of drug-likeness (QED) is 0.562. The zero-order valence-electron chi connectivity index (χ0n) is 16.2. The van der Waals surface area contributed by atoms with Gasteiger partial charge in [0.1, 0.15) is 17.7 Å². The molecule has 1 aromatic carbocycles. The number of nitrogens with one attached hydrogen (secondary N) is 1. The Bertz CT molecular complexity index is 1200. The molecule has 1 aliphatic heterocycles. The van der Waals surface area contributed by atoms with Crippen molar-refractivity contribution < 1.29 is 4.79 Å². The molecule has 0 aliphatic carbocycles. The molecule has 1 saturated heterocycles. The van der Waals surface area contributed by atoms with E-state index in [9.17, 15) is 4.79 Å². The van der Waals surface area contributed by atoms with Crippen LogP contribution in [0.2, 0.25) is 0 Å². The number of anilines is 2. The highest BCUT2D eigenvalue weighted by atomic mass is 32.1. The predicted octanol–water partition coefficient (Wildman–Crippen LogP) is 3.62. The van der Waals surface area contributed by atoms with Crippen LogP contribution in [0.1, 0.15) is 12.1 Å². The van der Waals surface area contributed by atoms with E-state index in [1.807, 2.05) is 61.1 Å². The fraction of sp³-hybridized carbons (Fsp3) is 0.238. The van der Waals surface area contributed by atoms with Crippen molar-refractivity contribution in [1.29, 1.82) is 0 Å². The molecule has 7 nitrogen and oxygen atoms in total. The van der Waals surface area contributed by atoms with E-state index in [0.717, 1.165) is 28.0 Å². The highest BCUT2D eigenvalue weighted by molar-refractivity contribution is 7.08. The van der Waals surface area contributed by atoms with E-state index in [0.29, 0.717) is 24.6 Å². The summed E-state index contributed by atoms with van der Waals surface area (Å²) in [6, 6.07) is 11.5. The summed E-state index contributed by atoms with van der Waals surface area (Å²) in [5.74, 6) is 2.21. The van der Waals surface area contributed by atoms with Crippen molar-refractivity contribution in [1.82, 2.24) is 19.7 Å². The van der Waals surface area contributed by atoms with Gasteiger partial charge >= 0.3 is 0 Å². The molecule has 1 fully saturated rings. The first-order chi connectivity index (χ1) is 14.1. The number of aryl methyl sites for hydroxylation is 2. The van der Waals surface area contributed by atoms with Crippen LogP contribution in [0.25, 0.3) is 22.3 Å². The number of hydrogen-bond acceptors (Lipinski definition) is 6. The molecule has 0 saturated carbocycles. The van der Waals surface area contributed by atoms with Gasteiger partial charge in [0, 0.05) is 36.0 Å². The fourth-order valence-corrected chi connectivity index (χ4v) is 4.40. The van der Waals surface area contributed by atoms with Gasteiger partial charge in [0.15, 0.2) is 5.82 Å². The van der Waals surface area contributed by atoms with E-state index in [1.54, 1.807) is 20.9 Å². The van der Waals surface area contributed by atoms with E-state index in [1.165, 1.54) is 0 Å². The lowest BCUT2D eigenvalue weighted by molar-refractivity contribution is -0.117. The fourth-order valence-electron chi connectivity index (χ4n) is 3.76. The highest BCUT2D eigenvalue weighted by Gasteiger charge is 2.34. The second kappa shape index (κ2) is 6.97. The van der Waals surface area contributed by atoms with Crippen molar-refractivity contribution >= 4 is 39.8 Å². The molecule has 146 valence electrons. The Balaban J connectivity index is 1.49. The van der Waals surface area contributed by atoms with Gasteiger partial charge in [-0.15, -0.1) is 0 Å². The number of nitrogens with zero attached hydrogens (tertiary/aromatic N) is 5. The highest BCUT2D eigenvalue weighted by Crippen LogP contribution is 2.29. The summed E-state index contributed by atoms with van der Waals surface area (Å²) in [6.07, 6.45) is 0.704. The Kier molecular flexibility index (Phi) is 4.28. The van der Waals surface area contributed by atoms with Gasteiger partial charge in [-0.1, -0.05) is 12.1 Å². The first kappa shape index (κ1) is 17.8. The third kappa shape index (κ3) is 3.15. The van der Waals surface area contributed by atoms with E-state index in [4.69, 9.17) is 9.97 Å². The predicted molar refractivity (Wildman–Crippen MR) is 115 cm³/mol. The van der Waals surface area contributed by atoms with Crippen molar-refractivity contribution in [2.24, 2.45) is 7.05 Å². The molecule has 1 N–H and O–H groups in total. The summed E-state index contributed by atoms with van der Waals surface area (Å²) >= 11 is 1.61. The van der Waals surface area contributed by atoms with Gasteiger partial charge in [-0.3, -0.25) is 14.4 Å². The molecule has 3 aromatic heterocycles. The van der Waals surface area contributed by atoms with Gasteiger partial charge in [-0.2, -0.15) is 16.4 Å². The molecule has 0 bridgehead atoms. The molecular weight excluding hydrogens is 384 g/mol. The van der Waals surface area contributed by atoms with Gasteiger partial charge < -0.3 is 5.32 Å². The number of amides is 1. The lowest BCUT2D eigenvalue weighted by atomic mass is 10.2. The number of carbonyl (C=O) groups is 1. The van der Waals surface area contributed by atoms with Crippen LogP contribution in [-0.2, 0) is 11.8 Å². The second-order valence-corrected chi connectivity index (χ2v) is 7.95. The zero-order valence-corrected chi connectivity index (χ0v) is 17.0. The summed E-state index contributed by atoms with van der Waals surface area (Å²) in [5.41, 5.74) is 2.73. The first-order valence-corrected chi connectivity index (χ1v) is 10.4. The maximum atomic E-state index is 13.1. The Morgan fingerprint density at radius 1 is 1.21 bits per heavy atom. The van der Waals surface area contributed by atoms with E-state index < -0.39 is 0 Å². The summed E-state index contributed by atoms with van der Waals surface area (Å²) in [5, 5.41) is 12.7. The van der Waals surface area contributed by atoms with Gasteiger partial charge in [0.2, 0.25) is 0 Å². The molecule has 1 amide bonds. The summed E-state index contributed by atoms with van der Waals surface area (Å²) in [4.78, 5) is 24.3. The number of rotatable bonds is 4.